The molecule has 1 spiro atoms. The van der Waals surface area contributed by atoms with Crippen LogP contribution in [0.3, 0.4) is 0 Å². The second-order valence-electron chi connectivity index (χ2n) is 7.61. The van der Waals surface area contributed by atoms with E-state index in [4.69, 9.17) is 9.47 Å². The fourth-order valence-corrected chi connectivity index (χ4v) is 4.88. The van der Waals surface area contributed by atoms with Gasteiger partial charge in [0.2, 0.25) is 5.91 Å². The summed E-state index contributed by atoms with van der Waals surface area (Å²) in [5.74, 6) is -0.00949. The lowest BCUT2D eigenvalue weighted by Crippen LogP contribution is -2.57. The molecule has 6 nitrogen and oxygen atoms in total. The van der Waals surface area contributed by atoms with Crippen LogP contribution in [0.2, 0.25) is 0 Å². The van der Waals surface area contributed by atoms with Crippen LogP contribution in [0.15, 0.2) is 29.6 Å². The van der Waals surface area contributed by atoms with E-state index in [2.05, 4.69) is 15.2 Å². The highest BCUT2D eigenvalue weighted by Crippen LogP contribution is 2.37. The number of carbonyl (C=O) groups excluding carboxylic acids is 1. The average Bonchev–Trinajstić information content (AvgIpc) is 3.33. The molecule has 2 fully saturated rings. The van der Waals surface area contributed by atoms with Crippen molar-refractivity contribution < 1.29 is 14.3 Å². The molecule has 150 valence electrons. The van der Waals surface area contributed by atoms with E-state index in [9.17, 15) is 4.79 Å². The van der Waals surface area contributed by atoms with E-state index in [1.165, 1.54) is 0 Å². The van der Waals surface area contributed by atoms with E-state index in [-0.39, 0.29) is 17.6 Å². The molecule has 28 heavy (non-hydrogen) atoms. The molecular formula is C21H27N3O3S. The topological polar surface area (TPSA) is 63.7 Å². The van der Waals surface area contributed by atoms with Gasteiger partial charge >= 0.3 is 0 Å². The quantitative estimate of drug-likeness (QED) is 0.833. The zero-order valence-electron chi connectivity index (χ0n) is 16.4. The second-order valence-corrected chi connectivity index (χ2v) is 8.67. The van der Waals surface area contributed by atoms with Crippen molar-refractivity contribution >= 4 is 22.9 Å². The van der Waals surface area contributed by atoms with Crippen molar-refractivity contribution in [3.05, 3.63) is 34.7 Å². The van der Waals surface area contributed by atoms with Crippen LogP contribution in [0.4, 0.5) is 5.69 Å². The Morgan fingerprint density at radius 1 is 1.46 bits per heavy atom. The highest BCUT2D eigenvalue weighted by atomic mass is 32.1. The molecule has 4 rings (SSSR count). The summed E-state index contributed by atoms with van der Waals surface area (Å²) in [6.45, 7) is 4.74. The van der Waals surface area contributed by atoms with Crippen LogP contribution in [-0.4, -0.2) is 60.8 Å². The van der Waals surface area contributed by atoms with Crippen LogP contribution in [0.5, 0.6) is 0 Å². The molecule has 1 N–H and O–H groups in total. The van der Waals surface area contributed by atoms with Crippen molar-refractivity contribution in [2.45, 2.75) is 37.9 Å². The molecule has 3 heterocycles. The Morgan fingerprint density at radius 3 is 3.07 bits per heavy atom. The van der Waals surface area contributed by atoms with Gasteiger partial charge in [-0.1, -0.05) is 12.1 Å². The standard InChI is InChI=1S/C21H27N3O3S/c1-15-22-18(14-28-15)16-5-3-6-17(11-16)23-20(25)13-24-9-8-21(7-4-10-27-21)19(12-24)26-2/h3,5-6,11,14,19H,4,7-10,12-13H2,1-2H3,(H,23,25)/t19-,21-/m1/s1. The first kappa shape index (κ1) is 19.5. The number of carbonyl (C=O) groups is 1. The molecule has 2 aliphatic rings. The molecule has 2 atom stereocenters. The van der Waals surface area contributed by atoms with Crippen LogP contribution >= 0.6 is 11.3 Å². The first-order valence-electron chi connectivity index (χ1n) is 9.79. The Labute approximate surface area is 169 Å². The Kier molecular flexibility index (Phi) is 5.78. The Hall–Kier alpha value is -1.80. The van der Waals surface area contributed by atoms with Gasteiger partial charge in [0.25, 0.3) is 0 Å². The molecule has 2 saturated heterocycles. The number of anilines is 1. The monoisotopic (exact) mass is 401 g/mol. The molecule has 0 unspecified atom stereocenters. The summed E-state index contributed by atoms with van der Waals surface area (Å²) in [4.78, 5) is 19.3. The Bertz CT molecular complexity index is 832. The number of nitrogens with one attached hydrogen (secondary N) is 1. The third-order valence-electron chi connectivity index (χ3n) is 5.71. The summed E-state index contributed by atoms with van der Waals surface area (Å²) in [7, 11) is 1.74. The predicted molar refractivity (Wildman–Crippen MR) is 111 cm³/mol. The van der Waals surface area contributed by atoms with Gasteiger partial charge in [0.15, 0.2) is 0 Å². The van der Waals surface area contributed by atoms with E-state index in [0.717, 1.165) is 60.9 Å². The predicted octanol–water partition coefficient (Wildman–Crippen LogP) is 3.33. The Balaban J connectivity index is 1.36. The van der Waals surface area contributed by atoms with Crippen LogP contribution in [0.1, 0.15) is 24.3 Å². The maximum absolute atomic E-state index is 12.6. The van der Waals surface area contributed by atoms with Gasteiger partial charge in [-0.2, -0.15) is 0 Å². The third-order valence-corrected chi connectivity index (χ3v) is 6.48. The number of benzene rings is 1. The number of likely N-dealkylation sites (tertiary alicyclic amines) is 1. The van der Waals surface area contributed by atoms with Gasteiger partial charge < -0.3 is 14.8 Å². The van der Waals surface area contributed by atoms with E-state index in [1.807, 2.05) is 36.6 Å². The number of aryl methyl sites for hydroxylation is 1. The molecule has 0 aliphatic carbocycles. The van der Waals surface area contributed by atoms with Gasteiger partial charge in [-0.25, -0.2) is 4.98 Å². The number of hydrogen-bond acceptors (Lipinski definition) is 6. The maximum atomic E-state index is 12.6. The lowest BCUT2D eigenvalue weighted by Gasteiger charge is -2.44. The van der Waals surface area contributed by atoms with Crippen molar-refractivity contribution in [1.82, 2.24) is 9.88 Å². The van der Waals surface area contributed by atoms with Crippen LogP contribution in [0, 0.1) is 6.92 Å². The SMILES string of the molecule is CO[C@@H]1CN(CC(=O)Nc2cccc(-c3csc(C)n3)c2)CC[C@]12CCCO2. The zero-order valence-corrected chi connectivity index (χ0v) is 17.3. The average molecular weight is 402 g/mol. The van der Waals surface area contributed by atoms with Gasteiger partial charge in [-0.15, -0.1) is 11.3 Å². The minimum Gasteiger partial charge on any atom is -0.377 e. The first-order chi connectivity index (χ1) is 13.6. The van der Waals surface area contributed by atoms with Crippen molar-refractivity contribution in [1.29, 1.82) is 0 Å². The number of aromatic nitrogens is 1. The molecular weight excluding hydrogens is 374 g/mol. The fourth-order valence-electron chi connectivity index (χ4n) is 4.26. The van der Waals surface area contributed by atoms with Crippen LogP contribution < -0.4 is 5.32 Å². The molecule has 0 saturated carbocycles. The van der Waals surface area contributed by atoms with Crippen molar-refractivity contribution in [3.8, 4) is 11.3 Å². The van der Waals surface area contributed by atoms with Gasteiger partial charge in [-0.05, 0) is 38.3 Å². The largest absolute Gasteiger partial charge is 0.377 e. The number of rotatable bonds is 5. The van der Waals surface area contributed by atoms with E-state index >= 15 is 0 Å². The molecule has 0 radical (unpaired) electrons. The number of methoxy groups -OCH3 is 1. The van der Waals surface area contributed by atoms with Crippen molar-refractivity contribution in [2.75, 3.05) is 38.7 Å². The summed E-state index contributed by atoms with van der Waals surface area (Å²) in [5.41, 5.74) is 2.60. The van der Waals surface area contributed by atoms with Crippen molar-refractivity contribution in [3.63, 3.8) is 0 Å². The number of thiazole rings is 1. The molecule has 2 aliphatic heterocycles. The smallest absolute Gasteiger partial charge is 0.238 e. The molecule has 0 bridgehead atoms. The second kappa shape index (κ2) is 8.29. The summed E-state index contributed by atoms with van der Waals surface area (Å²) < 4.78 is 11.8. The first-order valence-corrected chi connectivity index (χ1v) is 10.7. The van der Waals surface area contributed by atoms with E-state index in [1.54, 1.807) is 18.4 Å². The molecule has 1 amide bonds. The maximum Gasteiger partial charge on any atom is 0.238 e. The summed E-state index contributed by atoms with van der Waals surface area (Å²) in [6.07, 6.45) is 3.08. The minimum atomic E-state index is -0.151. The molecule has 2 aromatic rings. The van der Waals surface area contributed by atoms with E-state index in [0.29, 0.717) is 6.54 Å². The lowest BCUT2D eigenvalue weighted by molar-refractivity contribution is -0.145. The summed E-state index contributed by atoms with van der Waals surface area (Å²) in [5, 5.41) is 6.09. The highest BCUT2D eigenvalue weighted by Gasteiger charge is 2.46. The van der Waals surface area contributed by atoms with Gasteiger partial charge in [0, 0.05) is 43.4 Å². The highest BCUT2D eigenvalue weighted by molar-refractivity contribution is 7.09. The number of nitrogens with zero attached hydrogens (tertiary/aromatic N) is 2. The number of piperidine rings is 1. The van der Waals surface area contributed by atoms with Gasteiger partial charge in [0.05, 0.1) is 29.0 Å². The molecule has 1 aromatic heterocycles. The summed E-state index contributed by atoms with van der Waals surface area (Å²) in [6, 6.07) is 7.85. The third kappa shape index (κ3) is 4.12. The van der Waals surface area contributed by atoms with Crippen LogP contribution in [0.25, 0.3) is 11.3 Å². The minimum absolute atomic E-state index is 0.00949. The summed E-state index contributed by atoms with van der Waals surface area (Å²) >= 11 is 1.63. The normalized spacial score (nSPS) is 25.3. The number of ether oxygens (including phenoxy) is 2. The number of amides is 1. The Morgan fingerprint density at radius 2 is 2.36 bits per heavy atom. The van der Waals surface area contributed by atoms with E-state index < -0.39 is 0 Å². The fraction of sp³-hybridized carbons (Fsp3) is 0.524. The van der Waals surface area contributed by atoms with Gasteiger partial charge in [0.1, 0.15) is 0 Å². The molecule has 1 aromatic carbocycles. The number of hydrogen-bond donors (Lipinski definition) is 1. The van der Waals surface area contributed by atoms with Crippen LogP contribution in [-0.2, 0) is 14.3 Å². The lowest BCUT2D eigenvalue weighted by atomic mass is 9.86. The molecule has 7 heteroatoms. The van der Waals surface area contributed by atoms with Crippen molar-refractivity contribution in [2.24, 2.45) is 0 Å². The zero-order chi connectivity index (χ0) is 19.6. The van der Waals surface area contributed by atoms with Gasteiger partial charge in [-0.3, -0.25) is 9.69 Å².